The zero-order valence-corrected chi connectivity index (χ0v) is 32.0. The van der Waals surface area contributed by atoms with Gasteiger partial charge in [-0.25, -0.2) is 0 Å². The Hall–Kier alpha value is -7.36. The maximum Gasteiger partial charge on any atom is 0.143 e. The van der Waals surface area contributed by atoms with Gasteiger partial charge in [0.15, 0.2) is 0 Å². The minimum Gasteiger partial charge on any atom is -0.455 e. The molecule has 12 rings (SSSR count). The number of benzene rings is 8. The van der Waals surface area contributed by atoms with Crippen LogP contribution in [0, 0.1) is 0 Å². The fourth-order valence-corrected chi connectivity index (χ4v) is 9.78. The molecule has 0 radical (unpaired) electrons. The standard InChI is InChI=1S/C55H38N2O/c1-55-33-10-9-20-53(55)57(41-12-3-2-4-13-41)51-35-40(28-32-48(51)55)39-27-31-45-44-14-5-7-18-49(44)56(50(45)34-39)42-29-25-37(26-30-42)36-21-23-38(24-22-36)43-16-11-17-47-46-15-6-8-19-52(46)58-54(43)47/h2-35,53H,1H3. The fourth-order valence-electron chi connectivity index (χ4n) is 9.78. The molecule has 274 valence electrons. The number of allylic oxidation sites excluding steroid dienone is 2. The van der Waals surface area contributed by atoms with Crippen LogP contribution in [0.2, 0.25) is 0 Å². The summed E-state index contributed by atoms with van der Waals surface area (Å²) in [6.07, 6.45) is 9.11. The molecule has 3 heterocycles. The van der Waals surface area contributed by atoms with Crippen LogP contribution in [0.25, 0.3) is 82.8 Å². The molecule has 10 aromatic rings. The highest BCUT2D eigenvalue weighted by atomic mass is 16.3. The van der Waals surface area contributed by atoms with Gasteiger partial charge in [-0.05, 0) is 88.8 Å². The van der Waals surface area contributed by atoms with Crippen molar-refractivity contribution in [2.24, 2.45) is 0 Å². The summed E-state index contributed by atoms with van der Waals surface area (Å²) in [5, 5.41) is 4.80. The summed E-state index contributed by atoms with van der Waals surface area (Å²) in [5.74, 6) is 0. The predicted octanol–water partition coefficient (Wildman–Crippen LogP) is 14.6. The maximum atomic E-state index is 6.35. The first-order valence-corrected chi connectivity index (χ1v) is 20.1. The van der Waals surface area contributed by atoms with Crippen LogP contribution < -0.4 is 4.90 Å². The Morgan fingerprint density at radius 1 is 0.483 bits per heavy atom. The number of para-hydroxylation sites is 4. The van der Waals surface area contributed by atoms with Gasteiger partial charge >= 0.3 is 0 Å². The Morgan fingerprint density at radius 2 is 1.14 bits per heavy atom. The molecule has 58 heavy (non-hydrogen) atoms. The zero-order chi connectivity index (χ0) is 38.4. The van der Waals surface area contributed by atoms with Crippen LogP contribution in [0.5, 0.6) is 0 Å². The number of furan rings is 1. The Kier molecular flexibility index (Phi) is 7.12. The van der Waals surface area contributed by atoms with Gasteiger partial charge in [0.05, 0.1) is 17.1 Å². The molecule has 0 N–H and O–H groups in total. The molecule has 3 heteroatoms. The molecule has 1 aliphatic heterocycles. The second kappa shape index (κ2) is 12.6. The number of hydrogen-bond acceptors (Lipinski definition) is 2. The summed E-state index contributed by atoms with van der Waals surface area (Å²) in [6.45, 7) is 2.37. The Balaban J connectivity index is 0.917. The number of rotatable bonds is 5. The summed E-state index contributed by atoms with van der Waals surface area (Å²) in [7, 11) is 0. The topological polar surface area (TPSA) is 21.3 Å². The molecule has 2 aliphatic rings. The summed E-state index contributed by atoms with van der Waals surface area (Å²) in [4.78, 5) is 2.52. The van der Waals surface area contributed by atoms with Gasteiger partial charge in [0.2, 0.25) is 0 Å². The van der Waals surface area contributed by atoms with E-state index < -0.39 is 0 Å². The molecule has 0 saturated heterocycles. The van der Waals surface area contributed by atoms with Gasteiger partial charge in [-0.1, -0.05) is 158 Å². The van der Waals surface area contributed by atoms with E-state index in [9.17, 15) is 0 Å². The van der Waals surface area contributed by atoms with Crippen LogP contribution in [0.1, 0.15) is 12.5 Å². The van der Waals surface area contributed by atoms with E-state index in [1.54, 1.807) is 0 Å². The van der Waals surface area contributed by atoms with Crippen molar-refractivity contribution in [3.63, 3.8) is 0 Å². The van der Waals surface area contributed by atoms with E-state index in [0.29, 0.717) is 0 Å². The average molecular weight is 743 g/mol. The molecule has 2 atom stereocenters. The Bertz CT molecular complexity index is 3290. The van der Waals surface area contributed by atoms with Crippen molar-refractivity contribution in [1.29, 1.82) is 0 Å². The molecule has 0 saturated carbocycles. The number of aromatic nitrogens is 1. The second-order valence-corrected chi connectivity index (χ2v) is 15.9. The van der Waals surface area contributed by atoms with Crippen molar-refractivity contribution in [3.8, 4) is 39.1 Å². The third-order valence-electron chi connectivity index (χ3n) is 12.7. The van der Waals surface area contributed by atoms with Crippen LogP contribution in [0.4, 0.5) is 11.4 Å². The quantitative estimate of drug-likeness (QED) is 0.175. The molecule has 2 aromatic heterocycles. The van der Waals surface area contributed by atoms with E-state index in [4.69, 9.17) is 4.42 Å². The van der Waals surface area contributed by atoms with Gasteiger partial charge in [-0.15, -0.1) is 0 Å². The Labute approximate surface area is 337 Å². The van der Waals surface area contributed by atoms with E-state index in [2.05, 4.69) is 211 Å². The van der Waals surface area contributed by atoms with E-state index in [1.165, 1.54) is 61.0 Å². The summed E-state index contributed by atoms with van der Waals surface area (Å²) in [5.41, 5.74) is 16.1. The minimum absolute atomic E-state index is 0.104. The van der Waals surface area contributed by atoms with Crippen LogP contribution in [-0.4, -0.2) is 10.6 Å². The highest BCUT2D eigenvalue weighted by Gasteiger charge is 2.46. The normalized spacial score (nSPS) is 17.1. The van der Waals surface area contributed by atoms with Crippen LogP contribution in [0.3, 0.4) is 0 Å². The lowest BCUT2D eigenvalue weighted by atomic mass is 9.76. The largest absolute Gasteiger partial charge is 0.455 e. The lowest BCUT2D eigenvalue weighted by Gasteiger charge is -2.34. The summed E-state index contributed by atoms with van der Waals surface area (Å²) in [6, 6.07) is 66.4. The average Bonchev–Trinajstić information content (AvgIpc) is 3.92. The monoisotopic (exact) mass is 742 g/mol. The zero-order valence-electron chi connectivity index (χ0n) is 32.0. The van der Waals surface area contributed by atoms with Gasteiger partial charge in [0, 0.05) is 49.6 Å². The van der Waals surface area contributed by atoms with E-state index >= 15 is 0 Å². The lowest BCUT2D eigenvalue weighted by molar-refractivity contribution is 0.551. The molecule has 0 amide bonds. The molecule has 0 fully saturated rings. The van der Waals surface area contributed by atoms with Crippen LogP contribution >= 0.6 is 0 Å². The molecule has 2 unspecified atom stereocenters. The first-order chi connectivity index (χ1) is 28.6. The number of nitrogens with zero attached hydrogens (tertiary/aromatic N) is 2. The number of fused-ring (bicyclic) bond motifs is 9. The number of anilines is 2. The van der Waals surface area contributed by atoms with Crippen LogP contribution in [-0.2, 0) is 5.41 Å². The SMILES string of the molecule is CC12C=CC=CC1N(c1ccccc1)c1cc(-c3ccc4c5ccccc5n(-c5ccc(-c6ccc(-c7cccc8c7oc7ccccc78)cc6)cc5)c4c3)ccc12. The summed E-state index contributed by atoms with van der Waals surface area (Å²) >= 11 is 0. The first kappa shape index (κ1) is 32.8. The van der Waals surface area contributed by atoms with Crippen molar-refractivity contribution in [3.05, 3.63) is 212 Å². The third kappa shape index (κ3) is 4.86. The second-order valence-electron chi connectivity index (χ2n) is 15.9. The first-order valence-electron chi connectivity index (χ1n) is 20.1. The van der Waals surface area contributed by atoms with Gasteiger partial charge in [-0.3, -0.25) is 0 Å². The predicted molar refractivity (Wildman–Crippen MR) is 242 cm³/mol. The number of hydrogen-bond donors (Lipinski definition) is 0. The van der Waals surface area contributed by atoms with E-state index in [1.807, 2.05) is 12.1 Å². The molecule has 0 spiro atoms. The van der Waals surface area contributed by atoms with Gasteiger partial charge in [-0.2, -0.15) is 0 Å². The molecule has 3 nitrogen and oxygen atoms in total. The highest BCUT2D eigenvalue weighted by molar-refractivity contribution is 6.11. The van der Waals surface area contributed by atoms with E-state index in [0.717, 1.165) is 38.8 Å². The van der Waals surface area contributed by atoms with E-state index in [-0.39, 0.29) is 11.5 Å². The van der Waals surface area contributed by atoms with Crippen molar-refractivity contribution in [1.82, 2.24) is 4.57 Å². The van der Waals surface area contributed by atoms with Crippen molar-refractivity contribution in [2.45, 2.75) is 18.4 Å². The van der Waals surface area contributed by atoms with Crippen molar-refractivity contribution in [2.75, 3.05) is 4.90 Å². The van der Waals surface area contributed by atoms with Gasteiger partial charge < -0.3 is 13.9 Å². The highest BCUT2D eigenvalue weighted by Crippen LogP contribution is 2.52. The molecular weight excluding hydrogens is 705 g/mol. The van der Waals surface area contributed by atoms with Gasteiger partial charge in [0.1, 0.15) is 11.2 Å². The van der Waals surface area contributed by atoms with Gasteiger partial charge in [0.25, 0.3) is 0 Å². The molecule has 1 aliphatic carbocycles. The van der Waals surface area contributed by atoms with Crippen molar-refractivity contribution < 1.29 is 4.42 Å². The summed E-state index contributed by atoms with van der Waals surface area (Å²) < 4.78 is 8.77. The molecular formula is C55H38N2O. The lowest BCUT2D eigenvalue weighted by Crippen LogP contribution is -2.39. The fraction of sp³-hybridized carbons (Fsp3) is 0.0545. The molecule has 0 bridgehead atoms. The third-order valence-corrected chi connectivity index (χ3v) is 12.7. The Morgan fingerprint density at radius 3 is 1.98 bits per heavy atom. The molecule has 8 aromatic carbocycles. The van der Waals surface area contributed by atoms with Crippen molar-refractivity contribution >= 4 is 55.1 Å². The van der Waals surface area contributed by atoms with Crippen LogP contribution in [0.15, 0.2) is 211 Å². The smallest absolute Gasteiger partial charge is 0.143 e. The minimum atomic E-state index is -0.104. The maximum absolute atomic E-state index is 6.35.